The van der Waals surface area contributed by atoms with Crippen LogP contribution in [0.5, 0.6) is 0 Å². The van der Waals surface area contributed by atoms with Gasteiger partial charge in [0.1, 0.15) is 0 Å². The van der Waals surface area contributed by atoms with E-state index in [1.807, 2.05) is 44.2 Å². The molecule has 0 fully saturated rings. The summed E-state index contributed by atoms with van der Waals surface area (Å²) in [6.07, 6.45) is -0.176. The third-order valence-corrected chi connectivity index (χ3v) is 5.13. The average molecular weight is 408 g/mol. The minimum atomic E-state index is -0.986. The highest BCUT2D eigenvalue weighted by atomic mass is 35.5. The number of para-hydroxylation sites is 1. The molecule has 0 radical (unpaired) electrons. The van der Waals surface area contributed by atoms with E-state index in [2.05, 4.69) is 5.32 Å². The molecule has 4 nitrogen and oxygen atoms in total. The van der Waals surface area contributed by atoms with E-state index in [1.165, 1.54) is 6.92 Å². The van der Waals surface area contributed by atoms with E-state index < -0.39 is 23.9 Å². The highest BCUT2D eigenvalue weighted by molar-refractivity contribution is 6.39. The van der Waals surface area contributed by atoms with E-state index in [0.717, 1.165) is 12.0 Å². The van der Waals surface area contributed by atoms with Gasteiger partial charge in [-0.25, -0.2) is 0 Å². The number of amides is 1. The Balaban J connectivity index is 2.11. The Morgan fingerprint density at radius 3 is 2.15 bits per heavy atom. The summed E-state index contributed by atoms with van der Waals surface area (Å²) in [6.45, 7) is 5.53. The highest BCUT2D eigenvalue weighted by Gasteiger charge is 2.30. The van der Waals surface area contributed by atoms with Crippen molar-refractivity contribution in [1.29, 1.82) is 0 Å². The minimum Gasteiger partial charge on any atom is -0.452 e. The van der Waals surface area contributed by atoms with Gasteiger partial charge in [-0.2, -0.15) is 0 Å². The molecule has 6 heteroatoms. The first-order valence-corrected chi connectivity index (χ1v) is 9.61. The van der Waals surface area contributed by atoms with Crippen molar-refractivity contribution in [2.45, 2.75) is 39.2 Å². The minimum absolute atomic E-state index is 0.0770. The number of hydrogen-bond donors (Lipinski definition) is 1. The number of ether oxygens (including phenoxy) is 1. The molecule has 2 aromatic carbocycles. The predicted molar refractivity (Wildman–Crippen MR) is 109 cm³/mol. The van der Waals surface area contributed by atoms with Gasteiger partial charge in [0.25, 0.3) is 5.91 Å². The van der Waals surface area contributed by atoms with Crippen molar-refractivity contribution in [3.63, 3.8) is 0 Å². The number of esters is 1. The number of nitrogens with one attached hydrogen (secondary N) is 1. The van der Waals surface area contributed by atoms with E-state index in [1.54, 1.807) is 18.2 Å². The summed E-state index contributed by atoms with van der Waals surface area (Å²) in [7, 11) is 0. The lowest BCUT2D eigenvalue weighted by atomic mass is 9.85. The quantitative estimate of drug-likeness (QED) is 0.599. The molecule has 0 heterocycles. The zero-order chi connectivity index (χ0) is 20.0. The first-order chi connectivity index (χ1) is 12.8. The standard InChI is InChI=1S/C21H23Cl2NO3/c1-4-13(2)18(15-9-6-5-7-10-15)21(26)27-14(3)20(25)24-19-16(22)11-8-12-17(19)23/h5-14,18H,4H2,1-3H3,(H,24,25)/t13-,14-,18+/m0/s1. The number of hydrogen-bond acceptors (Lipinski definition) is 3. The Hall–Kier alpha value is -2.04. The number of rotatable bonds is 7. The lowest BCUT2D eigenvalue weighted by molar-refractivity contribution is -0.155. The molecule has 0 aromatic heterocycles. The monoisotopic (exact) mass is 407 g/mol. The fourth-order valence-corrected chi connectivity index (χ4v) is 3.23. The summed E-state index contributed by atoms with van der Waals surface area (Å²) in [6, 6.07) is 14.4. The number of anilines is 1. The zero-order valence-corrected chi connectivity index (χ0v) is 17.1. The molecule has 2 aromatic rings. The molecule has 0 unspecified atom stereocenters. The number of halogens is 2. The van der Waals surface area contributed by atoms with Crippen LogP contribution in [0.25, 0.3) is 0 Å². The maximum absolute atomic E-state index is 12.8. The van der Waals surface area contributed by atoms with Crippen molar-refractivity contribution in [1.82, 2.24) is 0 Å². The van der Waals surface area contributed by atoms with Crippen LogP contribution in [-0.2, 0) is 14.3 Å². The Morgan fingerprint density at radius 1 is 1.00 bits per heavy atom. The van der Waals surface area contributed by atoms with Crippen LogP contribution in [0.4, 0.5) is 5.69 Å². The van der Waals surface area contributed by atoms with E-state index in [9.17, 15) is 9.59 Å². The highest BCUT2D eigenvalue weighted by Crippen LogP contribution is 2.31. The van der Waals surface area contributed by atoms with Gasteiger partial charge in [-0.1, -0.05) is 79.9 Å². The zero-order valence-electron chi connectivity index (χ0n) is 15.5. The van der Waals surface area contributed by atoms with Crippen LogP contribution in [-0.4, -0.2) is 18.0 Å². The normalized spacial score (nSPS) is 14.1. The van der Waals surface area contributed by atoms with E-state index in [4.69, 9.17) is 27.9 Å². The third-order valence-electron chi connectivity index (χ3n) is 4.50. The van der Waals surface area contributed by atoms with Crippen LogP contribution < -0.4 is 5.32 Å². The van der Waals surface area contributed by atoms with Crippen LogP contribution >= 0.6 is 23.2 Å². The SMILES string of the molecule is CC[C@H](C)[C@@H](C(=O)O[C@@H](C)C(=O)Nc1c(Cl)cccc1Cl)c1ccccc1. The van der Waals surface area contributed by atoms with E-state index >= 15 is 0 Å². The van der Waals surface area contributed by atoms with Crippen LogP contribution in [0.15, 0.2) is 48.5 Å². The first-order valence-electron chi connectivity index (χ1n) is 8.85. The number of benzene rings is 2. The molecule has 27 heavy (non-hydrogen) atoms. The van der Waals surface area contributed by atoms with Gasteiger partial charge in [0.2, 0.25) is 0 Å². The fraction of sp³-hybridized carbons (Fsp3) is 0.333. The lowest BCUT2D eigenvalue weighted by Gasteiger charge is -2.24. The second kappa shape index (κ2) is 9.77. The van der Waals surface area contributed by atoms with Crippen molar-refractivity contribution in [3.8, 4) is 0 Å². The Labute approximate surface area is 169 Å². The van der Waals surface area contributed by atoms with Gasteiger partial charge in [-0.3, -0.25) is 9.59 Å². The van der Waals surface area contributed by atoms with E-state index in [-0.39, 0.29) is 5.92 Å². The molecular formula is C21H23Cl2NO3. The van der Waals surface area contributed by atoms with Crippen molar-refractivity contribution < 1.29 is 14.3 Å². The summed E-state index contributed by atoms with van der Waals surface area (Å²) in [4.78, 5) is 25.2. The van der Waals surface area contributed by atoms with Crippen LogP contribution in [0.2, 0.25) is 10.0 Å². The molecule has 0 saturated carbocycles. The molecule has 3 atom stereocenters. The molecule has 1 amide bonds. The molecule has 0 spiro atoms. The molecule has 0 bridgehead atoms. The number of carbonyl (C=O) groups is 2. The van der Waals surface area contributed by atoms with Crippen molar-refractivity contribution >= 4 is 40.8 Å². The van der Waals surface area contributed by atoms with Crippen molar-refractivity contribution in [3.05, 3.63) is 64.1 Å². The summed E-state index contributed by atoms with van der Waals surface area (Å²) < 4.78 is 5.47. The molecule has 2 rings (SSSR count). The summed E-state index contributed by atoms with van der Waals surface area (Å²) in [5, 5.41) is 3.26. The molecule has 144 valence electrons. The Kier molecular flexibility index (Phi) is 7.69. The van der Waals surface area contributed by atoms with Gasteiger partial charge >= 0.3 is 5.97 Å². The molecule has 1 N–H and O–H groups in total. The first kappa shape index (κ1) is 21.3. The average Bonchev–Trinajstić information content (AvgIpc) is 2.65. The summed E-state index contributed by atoms with van der Waals surface area (Å²) in [5.74, 6) is -1.28. The van der Waals surface area contributed by atoms with Crippen molar-refractivity contribution in [2.24, 2.45) is 5.92 Å². The molecule has 0 saturated heterocycles. The van der Waals surface area contributed by atoms with Crippen molar-refractivity contribution in [2.75, 3.05) is 5.32 Å². The maximum Gasteiger partial charge on any atom is 0.314 e. The van der Waals surface area contributed by atoms with Crippen LogP contribution in [0.3, 0.4) is 0 Å². The smallest absolute Gasteiger partial charge is 0.314 e. The summed E-state index contributed by atoms with van der Waals surface area (Å²) >= 11 is 12.1. The van der Waals surface area contributed by atoms with Crippen LogP contribution in [0.1, 0.15) is 38.7 Å². The lowest BCUT2D eigenvalue weighted by Crippen LogP contribution is -2.33. The van der Waals surface area contributed by atoms with Gasteiger partial charge in [-0.05, 0) is 30.5 Å². The largest absolute Gasteiger partial charge is 0.452 e. The van der Waals surface area contributed by atoms with Crippen LogP contribution in [0, 0.1) is 5.92 Å². The van der Waals surface area contributed by atoms with E-state index in [0.29, 0.717) is 15.7 Å². The molecular weight excluding hydrogens is 385 g/mol. The Morgan fingerprint density at radius 2 is 1.59 bits per heavy atom. The topological polar surface area (TPSA) is 55.4 Å². The molecule has 0 aliphatic heterocycles. The van der Waals surface area contributed by atoms with Gasteiger partial charge < -0.3 is 10.1 Å². The summed E-state index contributed by atoms with van der Waals surface area (Å²) in [5.41, 5.74) is 1.17. The second-order valence-electron chi connectivity index (χ2n) is 6.44. The molecule has 0 aliphatic carbocycles. The van der Waals surface area contributed by atoms with Gasteiger partial charge in [-0.15, -0.1) is 0 Å². The maximum atomic E-state index is 12.8. The Bertz CT molecular complexity index is 775. The number of carbonyl (C=O) groups excluding carboxylic acids is 2. The third kappa shape index (κ3) is 5.47. The second-order valence-corrected chi connectivity index (χ2v) is 7.25. The van der Waals surface area contributed by atoms with Gasteiger partial charge in [0.15, 0.2) is 6.10 Å². The molecule has 0 aliphatic rings. The fourth-order valence-electron chi connectivity index (χ4n) is 2.74. The predicted octanol–water partition coefficient (Wildman–Crippen LogP) is 5.69. The van der Waals surface area contributed by atoms with Gasteiger partial charge in [0.05, 0.1) is 21.7 Å². The van der Waals surface area contributed by atoms with Gasteiger partial charge in [0, 0.05) is 0 Å².